The third-order valence-corrected chi connectivity index (χ3v) is 2.94. The van der Waals surface area contributed by atoms with E-state index in [0.717, 1.165) is 19.6 Å². The van der Waals surface area contributed by atoms with Crippen molar-refractivity contribution >= 4 is 0 Å². The Balaban J connectivity index is 2.26. The fourth-order valence-electron chi connectivity index (χ4n) is 1.60. The molecule has 0 aliphatic carbocycles. The number of hydrogen-bond acceptors (Lipinski definition) is 2. The van der Waals surface area contributed by atoms with Gasteiger partial charge in [-0.2, -0.15) is 0 Å². The van der Waals surface area contributed by atoms with E-state index in [2.05, 4.69) is 61.2 Å². The van der Waals surface area contributed by atoms with E-state index in [-0.39, 0.29) is 0 Å². The first-order valence-electron chi connectivity index (χ1n) is 6.15. The predicted molar refractivity (Wildman–Crippen MR) is 69.6 cm³/mol. The van der Waals surface area contributed by atoms with Gasteiger partial charge in [-0.3, -0.25) is 0 Å². The summed E-state index contributed by atoms with van der Waals surface area (Å²) in [5, 5.41) is 3.48. The molecule has 1 atom stereocenters. The maximum absolute atomic E-state index is 3.48. The summed E-state index contributed by atoms with van der Waals surface area (Å²) in [6.45, 7) is 7.56. The molecular formula is C13H25N3. The molecule has 0 amide bonds. The average molecular weight is 223 g/mol. The van der Waals surface area contributed by atoms with Crippen molar-refractivity contribution in [3.63, 3.8) is 0 Å². The van der Waals surface area contributed by atoms with Crippen LogP contribution in [0.4, 0.5) is 0 Å². The van der Waals surface area contributed by atoms with Gasteiger partial charge in [-0.15, -0.1) is 0 Å². The molecule has 0 spiro atoms. The van der Waals surface area contributed by atoms with Gasteiger partial charge in [-0.05, 0) is 39.1 Å². The normalized spacial score (nSPS) is 13.3. The van der Waals surface area contributed by atoms with Gasteiger partial charge in [-0.1, -0.05) is 6.92 Å². The van der Waals surface area contributed by atoms with Crippen LogP contribution in [0.2, 0.25) is 0 Å². The van der Waals surface area contributed by atoms with E-state index >= 15 is 0 Å². The van der Waals surface area contributed by atoms with Gasteiger partial charge in [0.15, 0.2) is 0 Å². The zero-order valence-corrected chi connectivity index (χ0v) is 11.0. The molecule has 0 saturated carbocycles. The zero-order valence-electron chi connectivity index (χ0n) is 11.0. The lowest BCUT2D eigenvalue weighted by Crippen LogP contribution is -2.35. The van der Waals surface area contributed by atoms with Crippen LogP contribution in [-0.2, 0) is 13.1 Å². The van der Waals surface area contributed by atoms with Gasteiger partial charge in [0.1, 0.15) is 0 Å². The standard InChI is InChI=1S/C13H25N3/c1-5-7-16-8-6-13(11-16)10-14-9-12(2)15(3)4/h6,8,11-12,14H,5,7,9-10H2,1-4H3. The summed E-state index contributed by atoms with van der Waals surface area (Å²) < 4.78 is 2.26. The van der Waals surface area contributed by atoms with Crippen LogP contribution in [0.1, 0.15) is 25.8 Å². The molecule has 0 aliphatic rings. The SMILES string of the molecule is CCCn1ccc(CNCC(C)N(C)C)c1. The van der Waals surface area contributed by atoms with Crippen LogP contribution in [0.15, 0.2) is 18.5 Å². The summed E-state index contributed by atoms with van der Waals surface area (Å²) in [5.74, 6) is 0. The van der Waals surface area contributed by atoms with E-state index in [9.17, 15) is 0 Å². The van der Waals surface area contributed by atoms with Crippen LogP contribution in [0.5, 0.6) is 0 Å². The Kier molecular flexibility index (Phi) is 5.56. The highest BCUT2D eigenvalue weighted by atomic mass is 15.1. The smallest absolute Gasteiger partial charge is 0.0221 e. The molecule has 0 aliphatic heterocycles. The summed E-state index contributed by atoms with van der Waals surface area (Å²) in [6, 6.07) is 2.78. The van der Waals surface area contributed by atoms with E-state index in [4.69, 9.17) is 0 Å². The maximum Gasteiger partial charge on any atom is 0.0221 e. The second kappa shape index (κ2) is 6.71. The molecule has 1 aromatic rings. The molecule has 1 rings (SSSR count). The Morgan fingerprint density at radius 3 is 2.81 bits per heavy atom. The Morgan fingerprint density at radius 1 is 1.44 bits per heavy atom. The van der Waals surface area contributed by atoms with Crippen molar-refractivity contribution in [3.8, 4) is 0 Å². The Bertz CT molecular complexity index is 291. The number of likely N-dealkylation sites (N-methyl/N-ethyl adjacent to an activating group) is 1. The second-order valence-electron chi connectivity index (χ2n) is 4.70. The van der Waals surface area contributed by atoms with Gasteiger partial charge in [-0.25, -0.2) is 0 Å². The average Bonchev–Trinajstić information content (AvgIpc) is 2.66. The lowest BCUT2D eigenvalue weighted by Gasteiger charge is -2.19. The van der Waals surface area contributed by atoms with Crippen LogP contribution in [-0.4, -0.2) is 36.1 Å². The molecule has 3 heteroatoms. The highest BCUT2D eigenvalue weighted by Gasteiger charge is 2.03. The summed E-state index contributed by atoms with van der Waals surface area (Å²) in [6.07, 6.45) is 5.59. The number of nitrogens with one attached hydrogen (secondary N) is 1. The molecule has 0 aromatic carbocycles. The molecule has 1 unspecified atom stereocenters. The van der Waals surface area contributed by atoms with Gasteiger partial charge in [0.25, 0.3) is 0 Å². The first kappa shape index (κ1) is 13.3. The minimum absolute atomic E-state index is 0.581. The number of hydrogen-bond donors (Lipinski definition) is 1. The van der Waals surface area contributed by atoms with Crippen molar-refractivity contribution in [2.75, 3.05) is 20.6 Å². The molecule has 16 heavy (non-hydrogen) atoms. The molecule has 0 radical (unpaired) electrons. The third kappa shape index (κ3) is 4.37. The van der Waals surface area contributed by atoms with Crippen molar-refractivity contribution in [3.05, 3.63) is 24.0 Å². The molecule has 0 fully saturated rings. The molecule has 92 valence electrons. The van der Waals surface area contributed by atoms with Gasteiger partial charge in [0, 0.05) is 38.1 Å². The van der Waals surface area contributed by atoms with Crippen LogP contribution in [0.25, 0.3) is 0 Å². The van der Waals surface area contributed by atoms with Crippen LogP contribution >= 0.6 is 0 Å². The van der Waals surface area contributed by atoms with E-state index in [1.54, 1.807) is 0 Å². The van der Waals surface area contributed by atoms with Crippen LogP contribution < -0.4 is 5.32 Å². The number of aromatic nitrogens is 1. The Hall–Kier alpha value is -0.800. The summed E-state index contributed by atoms with van der Waals surface area (Å²) in [7, 11) is 4.23. The van der Waals surface area contributed by atoms with Crippen molar-refractivity contribution in [1.29, 1.82) is 0 Å². The summed E-state index contributed by atoms with van der Waals surface area (Å²) in [4.78, 5) is 2.23. The first-order valence-corrected chi connectivity index (χ1v) is 6.15. The van der Waals surface area contributed by atoms with Gasteiger partial charge >= 0.3 is 0 Å². The lowest BCUT2D eigenvalue weighted by molar-refractivity contribution is 0.302. The lowest BCUT2D eigenvalue weighted by atomic mass is 10.3. The fraction of sp³-hybridized carbons (Fsp3) is 0.692. The first-order chi connectivity index (χ1) is 7.63. The molecule has 1 aromatic heterocycles. The number of nitrogens with zero attached hydrogens (tertiary/aromatic N) is 2. The minimum Gasteiger partial charge on any atom is -0.354 e. The van der Waals surface area contributed by atoms with Crippen molar-refractivity contribution in [2.24, 2.45) is 0 Å². The monoisotopic (exact) mass is 223 g/mol. The summed E-state index contributed by atoms with van der Waals surface area (Å²) >= 11 is 0. The van der Waals surface area contributed by atoms with E-state index in [1.807, 2.05) is 0 Å². The Labute approximate surface area is 99.4 Å². The van der Waals surface area contributed by atoms with E-state index in [0.29, 0.717) is 6.04 Å². The van der Waals surface area contributed by atoms with Crippen molar-refractivity contribution in [2.45, 2.75) is 39.4 Å². The minimum atomic E-state index is 0.581. The molecule has 1 heterocycles. The quantitative estimate of drug-likeness (QED) is 0.762. The highest BCUT2D eigenvalue weighted by molar-refractivity contribution is 5.09. The van der Waals surface area contributed by atoms with Crippen LogP contribution in [0, 0.1) is 0 Å². The Morgan fingerprint density at radius 2 is 2.19 bits per heavy atom. The predicted octanol–water partition coefficient (Wildman–Crippen LogP) is 1.94. The van der Waals surface area contributed by atoms with Crippen molar-refractivity contribution < 1.29 is 0 Å². The molecule has 1 N–H and O–H groups in total. The van der Waals surface area contributed by atoms with Crippen LogP contribution in [0.3, 0.4) is 0 Å². The largest absolute Gasteiger partial charge is 0.354 e. The highest BCUT2D eigenvalue weighted by Crippen LogP contribution is 2.02. The fourth-order valence-corrected chi connectivity index (χ4v) is 1.60. The maximum atomic E-state index is 3.48. The summed E-state index contributed by atoms with van der Waals surface area (Å²) in [5.41, 5.74) is 1.37. The topological polar surface area (TPSA) is 20.2 Å². The molecule has 0 bridgehead atoms. The van der Waals surface area contributed by atoms with Gasteiger partial charge in [0.05, 0.1) is 0 Å². The van der Waals surface area contributed by atoms with Crippen molar-refractivity contribution in [1.82, 2.24) is 14.8 Å². The number of aryl methyl sites for hydroxylation is 1. The third-order valence-electron chi connectivity index (χ3n) is 2.94. The van der Waals surface area contributed by atoms with Gasteiger partial charge in [0.2, 0.25) is 0 Å². The zero-order chi connectivity index (χ0) is 12.0. The molecule has 0 saturated heterocycles. The number of rotatable bonds is 7. The molecular weight excluding hydrogens is 198 g/mol. The van der Waals surface area contributed by atoms with Gasteiger partial charge < -0.3 is 14.8 Å². The second-order valence-corrected chi connectivity index (χ2v) is 4.70. The van der Waals surface area contributed by atoms with E-state index in [1.165, 1.54) is 12.0 Å². The molecule has 3 nitrogen and oxygen atoms in total. The van der Waals surface area contributed by atoms with E-state index < -0.39 is 0 Å².